The van der Waals surface area contributed by atoms with Gasteiger partial charge in [-0.25, -0.2) is 9.79 Å². The maximum Gasteiger partial charge on any atom is 0.338 e. The van der Waals surface area contributed by atoms with Crippen molar-refractivity contribution >= 4 is 68.4 Å². The Morgan fingerprint density at radius 2 is 1.79 bits per heavy atom. The van der Waals surface area contributed by atoms with Crippen molar-refractivity contribution in [2.45, 2.75) is 24.5 Å². The first-order valence-corrected chi connectivity index (χ1v) is 18.2. The van der Waals surface area contributed by atoms with Crippen LogP contribution in [0.5, 0.6) is 11.5 Å². The number of methoxy groups -OCH3 is 1. The highest BCUT2D eigenvalue weighted by Crippen LogP contribution is 2.38. The lowest BCUT2D eigenvalue weighted by molar-refractivity contribution is -0.138. The van der Waals surface area contributed by atoms with Crippen LogP contribution >= 0.6 is 50.6 Å². The van der Waals surface area contributed by atoms with Crippen molar-refractivity contribution in [2.75, 3.05) is 20.0 Å². The predicted molar refractivity (Wildman–Crippen MR) is 196 cm³/mol. The van der Waals surface area contributed by atoms with Gasteiger partial charge in [-0.15, -0.1) is 11.8 Å². The lowest BCUT2D eigenvalue weighted by atomic mass is 9.93. The standard InChI is InChI=1S/C37H30BrClN2O5S2/c1-4-45-36(43)31-32(24-8-6-5-7-9-24)40-37-41(33(31)25-12-16-27(47-3)17-13-25)35(42)30(48-37)20-23-18-28(38)34(29(19-23)44-2)46-21-22-10-14-26(39)15-11-22/h5-20,33H,4,21H2,1-3H3/b30-20-/t33-/m1/s1. The van der Waals surface area contributed by atoms with Crippen LogP contribution in [0.15, 0.2) is 116 Å². The number of fused-ring (bicyclic) bond motifs is 1. The Kier molecular flexibility index (Phi) is 10.6. The molecule has 1 aromatic heterocycles. The molecule has 1 aliphatic rings. The summed E-state index contributed by atoms with van der Waals surface area (Å²) in [6.45, 7) is 2.26. The summed E-state index contributed by atoms with van der Waals surface area (Å²) in [5.41, 5.74) is 3.72. The van der Waals surface area contributed by atoms with Gasteiger partial charge in [0.1, 0.15) is 6.61 Å². The number of carbonyl (C=O) groups excluding carboxylic acids is 1. The molecule has 244 valence electrons. The number of rotatable bonds is 10. The van der Waals surface area contributed by atoms with Gasteiger partial charge in [0.05, 0.1) is 40.0 Å². The Hall–Kier alpha value is -4.09. The van der Waals surface area contributed by atoms with Crippen molar-refractivity contribution in [3.8, 4) is 11.5 Å². The topological polar surface area (TPSA) is 79.1 Å². The van der Waals surface area contributed by atoms with E-state index in [9.17, 15) is 9.59 Å². The lowest BCUT2D eigenvalue weighted by Gasteiger charge is -2.26. The molecule has 0 bridgehead atoms. The van der Waals surface area contributed by atoms with Gasteiger partial charge in [0, 0.05) is 15.5 Å². The number of hydrogen-bond acceptors (Lipinski definition) is 8. The van der Waals surface area contributed by atoms with Crippen molar-refractivity contribution in [1.29, 1.82) is 0 Å². The molecule has 0 unspecified atom stereocenters. The Bertz CT molecular complexity index is 2180. The van der Waals surface area contributed by atoms with Crippen molar-refractivity contribution < 1.29 is 19.0 Å². The lowest BCUT2D eigenvalue weighted by Crippen LogP contribution is -2.40. The minimum Gasteiger partial charge on any atom is -0.493 e. The number of halogens is 2. The van der Waals surface area contributed by atoms with E-state index in [-0.39, 0.29) is 12.2 Å². The van der Waals surface area contributed by atoms with Gasteiger partial charge in [-0.2, -0.15) is 0 Å². The monoisotopic (exact) mass is 760 g/mol. The van der Waals surface area contributed by atoms with Crippen molar-refractivity contribution in [3.05, 3.63) is 148 Å². The van der Waals surface area contributed by atoms with E-state index < -0.39 is 12.0 Å². The van der Waals surface area contributed by atoms with Crippen molar-refractivity contribution in [1.82, 2.24) is 4.57 Å². The third kappa shape index (κ3) is 7.03. The van der Waals surface area contributed by atoms with Gasteiger partial charge in [-0.1, -0.05) is 77.5 Å². The van der Waals surface area contributed by atoms with Gasteiger partial charge in [0.15, 0.2) is 16.3 Å². The smallest absolute Gasteiger partial charge is 0.338 e. The number of carbonyl (C=O) groups is 1. The Morgan fingerprint density at radius 1 is 1.06 bits per heavy atom. The number of nitrogens with zero attached hydrogens (tertiary/aromatic N) is 2. The summed E-state index contributed by atoms with van der Waals surface area (Å²) in [5.74, 6) is 0.516. The molecule has 5 aromatic rings. The minimum absolute atomic E-state index is 0.184. The van der Waals surface area contributed by atoms with E-state index in [1.165, 1.54) is 11.3 Å². The first kappa shape index (κ1) is 33.8. The van der Waals surface area contributed by atoms with E-state index >= 15 is 0 Å². The van der Waals surface area contributed by atoms with E-state index in [1.54, 1.807) is 36.4 Å². The molecule has 0 saturated heterocycles. The molecule has 48 heavy (non-hydrogen) atoms. The normalized spacial score (nSPS) is 14.4. The molecule has 0 spiro atoms. The minimum atomic E-state index is -0.751. The molecule has 0 aliphatic carbocycles. The summed E-state index contributed by atoms with van der Waals surface area (Å²) < 4.78 is 20.1. The summed E-state index contributed by atoms with van der Waals surface area (Å²) in [6, 6.07) is 27.7. The van der Waals surface area contributed by atoms with Gasteiger partial charge in [0.25, 0.3) is 5.56 Å². The fourth-order valence-electron chi connectivity index (χ4n) is 5.39. The predicted octanol–water partition coefficient (Wildman–Crippen LogP) is 7.66. The summed E-state index contributed by atoms with van der Waals surface area (Å²) in [7, 11) is 1.57. The Labute approximate surface area is 299 Å². The second-order valence-electron chi connectivity index (χ2n) is 10.7. The first-order chi connectivity index (χ1) is 23.3. The van der Waals surface area contributed by atoms with E-state index in [0.29, 0.717) is 48.2 Å². The highest BCUT2D eigenvalue weighted by molar-refractivity contribution is 9.10. The fourth-order valence-corrected chi connectivity index (χ4v) is 7.50. The largest absolute Gasteiger partial charge is 0.493 e. The van der Waals surface area contributed by atoms with Crippen LogP contribution in [0.2, 0.25) is 5.02 Å². The van der Waals surface area contributed by atoms with Crippen molar-refractivity contribution in [2.24, 2.45) is 4.99 Å². The van der Waals surface area contributed by atoms with Gasteiger partial charge in [-0.05, 0) is 88.3 Å². The SMILES string of the molecule is CCOC(=O)C1=C(c2ccccc2)N=c2s/c(=C\c3cc(Br)c(OCc4ccc(Cl)cc4)c(OC)c3)c(=O)n2[C@@H]1c1ccc(SC)cc1. The number of thiazole rings is 1. The van der Waals surface area contributed by atoms with Crippen LogP contribution in [0.25, 0.3) is 11.8 Å². The second kappa shape index (κ2) is 15.0. The molecule has 7 nitrogen and oxygen atoms in total. The molecule has 4 aromatic carbocycles. The van der Waals surface area contributed by atoms with Crippen LogP contribution in [0.3, 0.4) is 0 Å². The summed E-state index contributed by atoms with van der Waals surface area (Å²) >= 11 is 12.5. The molecule has 1 atom stereocenters. The quantitative estimate of drug-likeness (QED) is 0.108. The maximum absolute atomic E-state index is 14.3. The molecule has 0 radical (unpaired) electrons. The zero-order valence-electron chi connectivity index (χ0n) is 26.2. The van der Waals surface area contributed by atoms with Crippen molar-refractivity contribution in [3.63, 3.8) is 0 Å². The number of aromatic nitrogens is 1. The molecule has 2 heterocycles. The van der Waals surface area contributed by atoms with Crippen LogP contribution in [-0.4, -0.2) is 30.5 Å². The number of esters is 1. The van der Waals surface area contributed by atoms with Gasteiger partial charge in [0.2, 0.25) is 0 Å². The molecule has 0 amide bonds. The first-order valence-electron chi connectivity index (χ1n) is 15.0. The zero-order valence-corrected chi connectivity index (χ0v) is 30.2. The highest BCUT2D eigenvalue weighted by atomic mass is 79.9. The molecule has 1 aliphatic heterocycles. The van der Waals surface area contributed by atoms with E-state index in [4.69, 9.17) is 30.8 Å². The van der Waals surface area contributed by atoms with Gasteiger partial charge < -0.3 is 14.2 Å². The second-order valence-corrected chi connectivity index (χ2v) is 13.8. The average molecular weight is 762 g/mol. The average Bonchev–Trinajstić information content (AvgIpc) is 3.41. The molecule has 6 rings (SSSR count). The fraction of sp³-hybridized carbons (Fsp3) is 0.162. The van der Waals surface area contributed by atoms with Gasteiger partial charge >= 0.3 is 5.97 Å². The summed E-state index contributed by atoms with van der Waals surface area (Å²) in [4.78, 5) is 34.5. The molecular weight excluding hydrogens is 732 g/mol. The van der Waals surface area contributed by atoms with E-state index in [2.05, 4.69) is 15.9 Å². The van der Waals surface area contributed by atoms with E-state index in [0.717, 1.165) is 27.1 Å². The molecule has 0 N–H and O–H groups in total. The molecule has 0 fully saturated rings. The number of benzene rings is 4. The van der Waals surface area contributed by atoms with Crippen LogP contribution in [0.1, 0.15) is 35.2 Å². The third-order valence-electron chi connectivity index (χ3n) is 7.65. The zero-order chi connectivity index (χ0) is 33.8. The van der Waals surface area contributed by atoms with Crippen LogP contribution in [0.4, 0.5) is 0 Å². The number of ether oxygens (including phenoxy) is 3. The summed E-state index contributed by atoms with van der Waals surface area (Å²) in [6.07, 6.45) is 3.80. The molecule has 0 saturated carbocycles. The Morgan fingerprint density at radius 3 is 2.46 bits per heavy atom. The highest BCUT2D eigenvalue weighted by Gasteiger charge is 2.35. The van der Waals surface area contributed by atoms with Crippen LogP contribution in [0, 0.1) is 0 Å². The van der Waals surface area contributed by atoms with Crippen LogP contribution in [-0.2, 0) is 16.1 Å². The molecular formula is C37H30BrClN2O5S2. The number of hydrogen-bond donors (Lipinski definition) is 0. The van der Waals surface area contributed by atoms with Crippen LogP contribution < -0.4 is 24.4 Å². The van der Waals surface area contributed by atoms with E-state index in [1.807, 2.05) is 97.3 Å². The van der Waals surface area contributed by atoms with Gasteiger partial charge in [-0.3, -0.25) is 9.36 Å². The maximum atomic E-state index is 14.3. The summed E-state index contributed by atoms with van der Waals surface area (Å²) in [5, 5.41) is 0.653. The molecule has 11 heteroatoms. The Balaban J connectivity index is 1.49. The number of thioether (sulfide) groups is 1. The third-order valence-corrected chi connectivity index (χ3v) is 10.2.